The summed E-state index contributed by atoms with van der Waals surface area (Å²) in [4.78, 5) is 20.1. The number of thiophene rings is 2. The minimum Gasteiger partial charge on any atom is -0.278 e. The van der Waals surface area contributed by atoms with Gasteiger partial charge in [-0.25, -0.2) is 0 Å². The summed E-state index contributed by atoms with van der Waals surface area (Å²) in [7, 11) is 0. The molecule has 242 valence electrons. The number of hydrogen-bond acceptors (Lipinski definition) is 6. The van der Waals surface area contributed by atoms with Gasteiger partial charge in [0, 0.05) is 79.8 Å². The molecule has 12 aromatic rings. The third-order valence-corrected chi connectivity index (χ3v) is 12.7. The number of para-hydroxylation sites is 2. The molecule has 0 N–H and O–H groups in total. The minimum absolute atomic E-state index is 0.567. The summed E-state index contributed by atoms with van der Waals surface area (Å²) >= 11 is 3.69. The van der Waals surface area contributed by atoms with Crippen molar-refractivity contribution in [2.45, 2.75) is 0 Å². The lowest BCUT2D eigenvalue weighted by Gasteiger charge is -2.12. The number of benzene rings is 6. The van der Waals surface area contributed by atoms with Gasteiger partial charge in [-0.3, -0.25) is 14.1 Å². The van der Waals surface area contributed by atoms with E-state index in [-0.39, 0.29) is 0 Å². The van der Waals surface area contributed by atoms with Gasteiger partial charge in [0.25, 0.3) is 0 Å². The number of rotatable bonds is 3. The molecule has 8 heteroatoms. The van der Waals surface area contributed by atoms with E-state index in [9.17, 15) is 0 Å². The molecule has 0 unspecified atom stereocenters. The van der Waals surface area contributed by atoms with E-state index in [1.807, 2.05) is 34.8 Å². The molecule has 6 aromatic heterocycles. The fourth-order valence-electron chi connectivity index (χ4n) is 8.08. The van der Waals surface area contributed by atoms with Gasteiger partial charge < -0.3 is 0 Å². The average Bonchev–Trinajstić information content (AvgIpc) is 3.95. The monoisotopic (exact) mass is 700 g/mol. The number of nitrogens with zero attached hydrogens (tertiary/aromatic N) is 6. The van der Waals surface area contributed by atoms with Crippen molar-refractivity contribution in [3.05, 3.63) is 146 Å². The van der Waals surface area contributed by atoms with Gasteiger partial charge in [-0.2, -0.15) is 15.0 Å². The number of aromatic nitrogens is 6. The second-order valence-corrected chi connectivity index (χ2v) is 15.2. The van der Waals surface area contributed by atoms with E-state index >= 15 is 0 Å². The third-order valence-electron chi connectivity index (χ3n) is 10.3. The second kappa shape index (κ2) is 10.5. The molecule has 0 aliphatic rings. The van der Waals surface area contributed by atoms with Crippen molar-refractivity contribution in [1.29, 1.82) is 0 Å². The Kier molecular flexibility index (Phi) is 5.71. The molecule has 12 rings (SSSR count). The van der Waals surface area contributed by atoms with Crippen LogP contribution in [0.5, 0.6) is 0 Å². The molecule has 6 aromatic carbocycles. The van der Waals surface area contributed by atoms with E-state index in [4.69, 9.17) is 15.0 Å². The molecule has 0 radical (unpaired) electrons. The molecule has 0 atom stereocenters. The fraction of sp³-hybridized carbons (Fsp3) is 0. The van der Waals surface area contributed by atoms with Crippen molar-refractivity contribution in [2.24, 2.45) is 0 Å². The van der Waals surface area contributed by atoms with Gasteiger partial charge >= 0.3 is 0 Å². The van der Waals surface area contributed by atoms with Gasteiger partial charge in [0.05, 0.1) is 22.1 Å². The lowest BCUT2D eigenvalue weighted by atomic mass is 10.1. The van der Waals surface area contributed by atoms with Crippen LogP contribution in [0, 0.1) is 0 Å². The van der Waals surface area contributed by atoms with Crippen LogP contribution in [0.2, 0.25) is 0 Å². The molecule has 0 amide bonds. The summed E-state index contributed by atoms with van der Waals surface area (Å²) < 4.78 is 9.52. The summed E-state index contributed by atoms with van der Waals surface area (Å²) in [5, 5.41) is 9.87. The van der Waals surface area contributed by atoms with E-state index in [0.717, 1.165) is 27.6 Å². The first-order valence-electron chi connectivity index (χ1n) is 17.1. The van der Waals surface area contributed by atoms with Crippen LogP contribution in [-0.2, 0) is 0 Å². The first-order valence-corrected chi connectivity index (χ1v) is 18.8. The molecule has 52 heavy (non-hydrogen) atoms. The zero-order chi connectivity index (χ0) is 33.9. The SMILES string of the molecule is c1ccc2c(c1)sc1c2ccc2c1c1ccccc1n2-c1nc(-c2ccncc2)nc(-n2c3ccccc3c3c4sc5ccccc5c4ccc32)n1. The van der Waals surface area contributed by atoms with Crippen molar-refractivity contribution in [3.63, 3.8) is 0 Å². The lowest BCUT2D eigenvalue weighted by molar-refractivity contribution is 0.893. The Morgan fingerprint density at radius 1 is 0.385 bits per heavy atom. The maximum absolute atomic E-state index is 5.38. The molecule has 0 spiro atoms. The fourth-order valence-corrected chi connectivity index (χ4v) is 10.6. The highest BCUT2D eigenvalue weighted by molar-refractivity contribution is 7.27. The van der Waals surface area contributed by atoms with Crippen LogP contribution in [-0.4, -0.2) is 29.1 Å². The standard InChI is InChI=1S/C44H24N6S2/c1-5-13-32-30(11-1)38-34(19-17-28-26-9-3-7-15-36(26)51-40(28)38)49(32)43-46-42(25-21-23-45-24-22-25)47-44(48-43)50-33-14-6-2-12-31(33)39-35(50)20-18-29-27-10-4-8-16-37(27)52-41(29)39/h1-24H. The van der Waals surface area contributed by atoms with Crippen LogP contribution in [0.15, 0.2) is 146 Å². The van der Waals surface area contributed by atoms with Gasteiger partial charge in [-0.1, -0.05) is 84.9 Å². The Balaban J connectivity index is 1.21. The van der Waals surface area contributed by atoms with Crippen LogP contribution in [0.25, 0.3) is 107 Å². The zero-order valence-electron chi connectivity index (χ0n) is 27.4. The molecule has 0 bridgehead atoms. The maximum atomic E-state index is 5.38. The Hall–Kier alpha value is -6.48. The van der Waals surface area contributed by atoms with Crippen LogP contribution in [0.1, 0.15) is 0 Å². The number of pyridine rings is 1. The van der Waals surface area contributed by atoms with Crippen molar-refractivity contribution >= 4 is 107 Å². The average molecular weight is 701 g/mol. The topological polar surface area (TPSA) is 61.4 Å². The van der Waals surface area contributed by atoms with Gasteiger partial charge in [0.1, 0.15) is 0 Å². The zero-order valence-corrected chi connectivity index (χ0v) is 29.0. The normalized spacial score (nSPS) is 12.2. The molecule has 6 nitrogen and oxygen atoms in total. The van der Waals surface area contributed by atoms with Crippen LogP contribution < -0.4 is 0 Å². The lowest BCUT2D eigenvalue weighted by Crippen LogP contribution is -2.10. The van der Waals surface area contributed by atoms with E-state index in [2.05, 4.69) is 135 Å². The Bertz CT molecular complexity index is 3220. The molecule has 0 saturated carbocycles. The van der Waals surface area contributed by atoms with Crippen molar-refractivity contribution in [1.82, 2.24) is 29.1 Å². The van der Waals surface area contributed by atoms with Crippen LogP contribution >= 0.6 is 22.7 Å². The van der Waals surface area contributed by atoms with Crippen molar-refractivity contribution in [3.8, 4) is 23.3 Å². The van der Waals surface area contributed by atoms with Gasteiger partial charge in [0.2, 0.25) is 11.9 Å². The molecule has 0 saturated heterocycles. The van der Waals surface area contributed by atoms with Gasteiger partial charge in [-0.05, 0) is 48.5 Å². The van der Waals surface area contributed by atoms with E-state index in [0.29, 0.717) is 17.7 Å². The third kappa shape index (κ3) is 3.82. The summed E-state index contributed by atoms with van der Waals surface area (Å²) in [6.07, 6.45) is 3.57. The highest BCUT2D eigenvalue weighted by Gasteiger charge is 2.23. The predicted octanol–water partition coefficient (Wildman–Crippen LogP) is 11.9. The smallest absolute Gasteiger partial charge is 0.240 e. The molecule has 0 aliphatic carbocycles. The Morgan fingerprint density at radius 3 is 1.37 bits per heavy atom. The quantitative estimate of drug-likeness (QED) is 0.184. The first-order chi connectivity index (χ1) is 25.8. The molecule has 6 heterocycles. The summed E-state index contributed by atoms with van der Waals surface area (Å²) in [6.45, 7) is 0. The van der Waals surface area contributed by atoms with Crippen LogP contribution in [0.3, 0.4) is 0 Å². The summed E-state index contributed by atoms with van der Waals surface area (Å²) in [6, 6.07) is 47.4. The molecule has 0 aliphatic heterocycles. The summed E-state index contributed by atoms with van der Waals surface area (Å²) in [5.41, 5.74) is 5.10. The molecular formula is C44H24N6S2. The largest absolute Gasteiger partial charge is 0.278 e. The van der Waals surface area contributed by atoms with Crippen molar-refractivity contribution < 1.29 is 0 Å². The first kappa shape index (κ1) is 28.2. The van der Waals surface area contributed by atoms with E-state index < -0.39 is 0 Å². The van der Waals surface area contributed by atoms with Gasteiger partial charge in [0.15, 0.2) is 5.82 Å². The highest BCUT2D eigenvalue weighted by Crippen LogP contribution is 2.45. The molecule has 0 fully saturated rings. The second-order valence-electron chi connectivity index (χ2n) is 13.1. The van der Waals surface area contributed by atoms with E-state index in [1.165, 1.54) is 61.9 Å². The Labute approximate surface area is 303 Å². The number of fused-ring (bicyclic) bond motifs is 14. The Morgan fingerprint density at radius 2 is 0.846 bits per heavy atom. The highest BCUT2D eigenvalue weighted by atomic mass is 32.1. The number of hydrogen-bond donors (Lipinski definition) is 0. The predicted molar refractivity (Wildman–Crippen MR) is 218 cm³/mol. The van der Waals surface area contributed by atoms with Crippen molar-refractivity contribution in [2.75, 3.05) is 0 Å². The van der Waals surface area contributed by atoms with E-state index in [1.54, 1.807) is 12.4 Å². The maximum Gasteiger partial charge on any atom is 0.240 e. The minimum atomic E-state index is 0.567. The summed E-state index contributed by atoms with van der Waals surface area (Å²) in [5.74, 6) is 1.72. The molecular weight excluding hydrogens is 677 g/mol. The van der Waals surface area contributed by atoms with Gasteiger partial charge in [-0.15, -0.1) is 22.7 Å². The van der Waals surface area contributed by atoms with Crippen LogP contribution in [0.4, 0.5) is 0 Å².